The van der Waals surface area contributed by atoms with Gasteiger partial charge in [0.25, 0.3) is 35.4 Å². The van der Waals surface area contributed by atoms with E-state index in [0.717, 1.165) is 6.42 Å². The number of carbonyl (C=O) groups is 6. The van der Waals surface area contributed by atoms with E-state index in [1.165, 1.54) is 12.1 Å². The molecule has 4 atom stereocenters. The minimum Gasteiger partial charge on any atom is -0.279 e. The van der Waals surface area contributed by atoms with Crippen molar-refractivity contribution in [2.45, 2.75) is 19.3 Å². The molecule has 2 bridgehead atoms. The third-order valence-corrected chi connectivity index (χ3v) is 6.24. The third kappa shape index (κ3) is 3.63. The molecule has 12 heteroatoms. The van der Waals surface area contributed by atoms with Crippen LogP contribution < -0.4 is 0 Å². The maximum absolute atomic E-state index is 11.4. The average molecular weight is 457 g/mol. The predicted octanol–water partition coefficient (Wildman–Crippen LogP) is 0.379. The molecule has 4 unspecified atom stereocenters. The number of hydroxylamine groups is 6. The van der Waals surface area contributed by atoms with Crippen molar-refractivity contribution in [2.75, 3.05) is 0 Å². The first kappa shape index (κ1) is 22.5. The topological polar surface area (TPSA) is 173 Å². The van der Waals surface area contributed by atoms with Crippen LogP contribution in [0.4, 0.5) is 0 Å². The maximum atomic E-state index is 11.4. The minimum atomic E-state index is -0.657. The monoisotopic (exact) mass is 457 g/mol. The first-order valence-corrected chi connectivity index (χ1v) is 10.1. The van der Waals surface area contributed by atoms with Crippen LogP contribution >= 0.6 is 0 Å². The van der Waals surface area contributed by atoms with Gasteiger partial charge in [-0.05, 0) is 30.4 Å². The third-order valence-electron chi connectivity index (χ3n) is 6.24. The van der Waals surface area contributed by atoms with Crippen LogP contribution in [0.25, 0.3) is 0 Å². The molecule has 0 spiro atoms. The van der Waals surface area contributed by atoms with Gasteiger partial charge >= 0.3 is 0 Å². The molecule has 0 radical (unpaired) electrons. The fraction of sp³-hybridized carbons (Fsp3) is 0.333. The van der Waals surface area contributed by atoms with Gasteiger partial charge in [-0.2, -0.15) is 10.1 Å². The second kappa shape index (κ2) is 8.31. The van der Waals surface area contributed by atoms with Gasteiger partial charge in [-0.25, -0.2) is 0 Å². The van der Waals surface area contributed by atoms with Crippen molar-refractivity contribution in [3.05, 3.63) is 47.5 Å². The average Bonchev–Trinajstić information content (AvgIpc) is 3.60. The number of nitrogens with zero attached hydrogens (tertiary/aromatic N) is 3. The predicted molar refractivity (Wildman–Crippen MR) is 103 cm³/mol. The highest BCUT2D eigenvalue weighted by Crippen LogP contribution is 2.52. The second-order valence-corrected chi connectivity index (χ2v) is 8.06. The van der Waals surface area contributed by atoms with E-state index >= 15 is 0 Å². The van der Waals surface area contributed by atoms with Gasteiger partial charge in [-0.1, -0.05) is 24.3 Å². The molecule has 33 heavy (non-hydrogen) atoms. The Labute approximate surface area is 186 Å². The van der Waals surface area contributed by atoms with E-state index in [-0.39, 0.29) is 57.8 Å². The highest BCUT2D eigenvalue weighted by Gasteiger charge is 2.59. The Morgan fingerprint density at radius 1 is 0.636 bits per heavy atom. The number of amides is 6. The molecule has 0 aromatic heterocycles. The standard InChI is InChI=1S/C9H9NO3.C8H5NO3.C4H5NO3/c11-8-6-4-1-2-5(3-4)7(6)9(12)10(8)13;10-7-5-3-1-2-4-6(5)8(11)9(7)12;6-3-1-2-4(7)5(3)8/h1-2,4-7,13H,3H2;1-4,12H;8H,1-2H2. The molecule has 3 aliphatic heterocycles. The molecule has 2 saturated heterocycles. The van der Waals surface area contributed by atoms with Crippen LogP contribution in [-0.4, -0.2) is 66.3 Å². The summed E-state index contributed by atoms with van der Waals surface area (Å²) in [5.41, 5.74) is 0.509. The Hall–Kier alpha value is -3.74. The SMILES string of the molecule is O=C1C2C3C=CC(C3)C2C(=O)N1O.O=C1CCC(=O)N1O.O=C1c2ccccc2C(=O)N1O. The summed E-state index contributed by atoms with van der Waals surface area (Å²) in [5.74, 6) is -3.32. The number of carbonyl (C=O) groups excluding carboxylic acids is 6. The minimum absolute atomic E-state index is 0.130. The van der Waals surface area contributed by atoms with Gasteiger partial charge in [0.05, 0.1) is 23.0 Å². The van der Waals surface area contributed by atoms with E-state index in [9.17, 15) is 28.8 Å². The summed E-state index contributed by atoms with van der Waals surface area (Å²) in [7, 11) is 0. The molecule has 1 aromatic carbocycles. The van der Waals surface area contributed by atoms with Crippen molar-refractivity contribution in [3.63, 3.8) is 0 Å². The Morgan fingerprint density at radius 3 is 1.42 bits per heavy atom. The zero-order chi connectivity index (χ0) is 24.0. The van der Waals surface area contributed by atoms with Gasteiger partial charge in [0, 0.05) is 12.8 Å². The smallest absolute Gasteiger partial charge is 0.279 e. The van der Waals surface area contributed by atoms with Gasteiger partial charge < -0.3 is 0 Å². The molecule has 1 aromatic rings. The van der Waals surface area contributed by atoms with Crippen LogP contribution in [0.1, 0.15) is 40.0 Å². The zero-order valence-electron chi connectivity index (χ0n) is 17.0. The summed E-state index contributed by atoms with van der Waals surface area (Å²) in [4.78, 5) is 65.4. The van der Waals surface area contributed by atoms with Crippen LogP contribution in [0, 0.1) is 23.7 Å². The van der Waals surface area contributed by atoms with Gasteiger partial charge in [0.15, 0.2) is 0 Å². The molecule has 3 heterocycles. The molecule has 3 fully saturated rings. The van der Waals surface area contributed by atoms with Crippen molar-refractivity contribution in [3.8, 4) is 0 Å². The molecule has 3 N–H and O–H groups in total. The second-order valence-electron chi connectivity index (χ2n) is 8.06. The first-order chi connectivity index (χ1) is 15.6. The lowest BCUT2D eigenvalue weighted by atomic mass is 9.85. The van der Waals surface area contributed by atoms with Crippen molar-refractivity contribution < 1.29 is 44.4 Å². The summed E-state index contributed by atoms with van der Waals surface area (Å²) >= 11 is 0. The Kier molecular flexibility index (Phi) is 5.66. The maximum Gasteiger partial charge on any atom is 0.285 e. The Bertz CT molecular complexity index is 1030. The lowest BCUT2D eigenvalue weighted by Gasteiger charge is -2.13. The zero-order valence-corrected chi connectivity index (χ0v) is 17.0. The van der Waals surface area contributed by atoms with Crippen LogP contribution in [0.3, 0.4) is 0 Å². The Morgan fingerprint density at radius 2 is 1.06 bits per heavy atom. The van der Waals surface area contributed by atoms with Crippen molar-refractivity contribution in [1.82, 2.24) is 15.2 Å². The fourth-order valence-electron chi connectivity index (χ4n) is 4.63. The quantitative estimate of drug-likeness (QED) is 0.283. The summed E-state index contributed by atoms with van der Waals surface area (Å²) < 4.78 is 0. The van der Waals surface area contributed by atoms with Crippen molar-refractivity contribution in [1.29, 1.82) is 0 Å². The molecule has 6 amide bonds. The first-order valence-electron chi connectivity index (χ1n) is 10.1. The van der Waals surface area contributed by atoms with Crippen LogP contribution in [-0.2, 0) is 19.2 Å². The van der Waals surface area contributed by atoms with Crippen molar-refractivity contribution >= 4 is 35.4 Å². The molecular formula is C21H19N3O9. The summed E-state index contributed by atoms with van der Waals surface area (Å²) in [6.07, 6.45) is 5.19. The lowest BCUT2D eigenvalue weighted by Crippen LogP contribution is -2.29. The number of fused-ring (bicyclic) bond motifs is 6. The highest BCUT2D eigenvalue weighted by molar-refractivity contribution is 6.20. The van der Waals surface area contributed by atoms with E-state index in [2.05, 4.69) is 0 Å². The van der Waals surface area contributed by atoms with Crippen LogP contribution in [0.2, 0.25) is 0 Å². The molecule has 172 valence electrons. The van der Waals surface area contributed by atoms with E-state index in [1.54, 1.807) is 12.1 Å². The van der Waals surface area contributed by atoms with E-state index in [4.69, 9.17) is 15.6 Å². The Balaban J connectivity index is 0.000000122. The highest BCUT2D eigenvalue weighted by atomic mass is 16.5. The van der Waals surface area contributed by atoms with Crippen LogP contribution in [0.15, 0.2) is 36.4 Å². The molecular weight excluding hydrogens is 438 g/mol. The summed E-state index contributed by atoms with van der Waals surface area (Å²) in [6, 6.07) is 6.30. The summed E-state index contributed by atoms with van der Waals surface area (Å²) in [5, 5.41) is 27.1. The number of benzene rings is 1. The molecule has 12 nitrogen and oxygen atoms in total. The van der Waals surface area contributed by atoms with Crippen molar-refractivity contribution in [2.24, 2.45) is 23.7 Å². The van der Waals surface area contributed by atoms with Gasteiger partial charge in [0.1, 0.15) is 0 Å². The number of imide groups is 3. The number of allylic oxidation sites excluding steroid dienone is 2. The van der Waals surface area contributed by atoms with E-state index < -0.39 is 35.4 Å². The van der Waals surface area contributed by atoms with Gasteiger partial charge in [-0.3, -0.25) is 44.4 Å². The number of hydrogen-bond donors (Lipinski definition) is 3. The van der Waals surface area contributed by atoms with Crippen LogP contribution in [0.5, 0.6) is 0 Å². The van der Waals surface area contributed by atoms with Gasteiger partial charge in [0.2, 0.25) is 0 Å². The number of rotatable bonds is 0. The summed E-state index contributed by atoms with van der Waals surface area (Å²) in [6.45, 7) is 0. The largest absolute Gasteiger partial charge is 0.285 e. The van der Waals surface area contributed by atoms with Gasteiger partial charge in [-0.15, -0.1) is 5.06 Å². The van der Waals surface area contributed by atoms with E-state index in [1.807, 2.05) is 12.2 Å². The molecule has 5 aliphatic rings. The fourth-order valence-corrected chi connectivity index (χ4v) is 4.63. The normalized spacial score (nSPS) is 28.8. The number of hydrogen-bond acceptors (Lipinski definition) is 9. The lowest BCUT2D eigenvalue weighted by molar-refractivity contribution is -0.174. The molecule has 6 rings (SSSR count). The molecule has 2 aliphatic carbocycles. The molecule has 1 saturated carbocycles. The van der Waals surface area contributed by atoms with E-state index in [0.29, 0.717) is 5.06 Å².